The summed E-state index contributed by atoms with van der Waals surface area (Å²) in [7, 11) is 0. The minimum atomic E-state index is -1.15. The highest BCUT2D eigenvalue weighted by molar-refractivity contribution is 7.17. The first-order valence-electron chi connectivity index (χ1n) is 2.75. The fourth-order valence-corrected chi connectivity index (χ4v) is 1.95. The van der Waals surface area contributed by atoms with E-state index < -0.39 is 5.97 Å². The van der Waals surface area contributed by atoms with Crippen LogP contribution in [-0.4, -0.2) is 16.2 Å². The van der Waals surface area contributed by atoms with Gasteiger partial charge in [0.25, 0.3) is 0 Å². The number of rotatable bonds is 1. The molecule has 1 aromatic heterocycles. The molecule has 0 saturated carbocycles. The number of hydrogen-bond acceptors (Lipinski definition) is 3. The molecule has 0 atom stereocenters. The van der Waals surface area contributed by atoms with Crippen molar-refractivity contribution in [1.29, 1.82) is 0 Å². The minimum Gasteiger partial charge on any atom is -0.505 e. The van der Waals surface area contributed by atoms with Gasteiger partial charge in [-0.05, 0) is 6.92 Å². The molecule has 60 valence electrons. The van der Waals surface area contributed by atoms with Crippen molar-refractivity contribution < 1.29 is 15.0 Å². The van der Waals surface area contributed by atoms with E-state index in [1.807, 2.05) is 0 Å². The standard InChI is InChI=1S/C6H5ClO3S/c1-2-3(6(9)10)4(8)5(7)11-2/h8H,1H3,(H,9,10). The lowest BCUT2D eigenvalue weighted by molar-refractivity contribution is 0.0694. The first-order chi connectivity index (χ1) is 5.04. The van der Waals surface area contributed by atoms with E-state index in [0.29, 0.717) is 4.88 Å². The van der Waals surface area contributed by atoms with Gasteiger partial charge in [-0.3, -0.25) is 0 Å². The summed E-state index contributed by atoms with van der Waals surface area (Å²) in [5.41, 5.74) is -0.0972. The van der Waals surface area contributed by atoms with Crippen LogP contribution in [0.15, 0.2) is 0 Å². The maximum atomic E-state index is 10.4. The molecule has 0 bridgehead atoms. The van der Waals surface area contributed by atoms with Gasteiger partial charge in [0.2, 0.25) is 0 Å². The van der Waals surface area contributed by atoms with Gasteiger partial charge in [-0.15, -0.1) is 11.3 Å². The van der Waals surface area contributed by atoms with Crippen LogP contribution in [0, 0.1) is 6.92 Å². The predicted molar refractivity (Wildman–Crippen MR) is 42.7 cm³/mol. The van der Waals surface area contributed by atoms with Gasteiger partial charge in [0.05, 0.1) is 0 Å². The molecule has 5 heteroatoms. The lowest BCUT2D eigenvalue weighted by Crippen LogP contribution is -1.95. The van der Waals surface area contributed by atoms with Crippen LogP contribution < -0.4 is 0 Å². The molecular formula is C6H5ClO3S. The largest absolute Gasteiger partial charge is 0.505 e. The number of carbonyl (C=O) groups is 1. The summed E-state index contributed by atoms with van der Waals surface area (Å²) in [6, 6.07) is 0. The third kappa shape index (κ3) is 1.32. The van der Waals surface area contributed by atoms with Gasteiger partial charge in [-0.1, -0.05) is 11.6 Å². The molecule has 0 aliphatic heterocycles. The number of halogens is 1. The summed E-state index contributed by atoms with van der Waals surface area (Å²) < 4.78 is 0.125. The summed E-state index contributed by atoms with van der Waals surface area (Å²) in [6.07, 6.45) is 0. The van der Waals surface area contributed by atoms with Crippen LogP contribution in [0.4, 0.5) is 0 Å². The Hall–Kier alpha value is -0.740. The van der Waals surface area contributed by atoms with Crippen molar-refractivity contribution in [2.45, 2.75) is 6.92 Å². The highest BCUT2D eigenvalue weighted by Crippen LogP contribution is 2.37. The monoisotopic (exact) mass is 192 g/mol. The number of hydrogen-bond donors (Lipinski definition) is 2. The molecule has 0 aliphatic rings. The molecule has 0 aliphatic carbocycles. The zero-order valence-corrected chi connectivity index (χ0v) is 7.16. The number of aryl methyl sites for hydroxylation is 1. The lowest BCUT2D eigenvalue weighted by atomic mass is 10.2. The highest BCUT2D eigenvalue weighted by Gasteiger charge is 2.18. The van der Waals surface area contributed by atoms with Crippen molar-refractivity contribution in [3.63, 3.8) is 0 Å². The zero-order chi connectivity index (χ0) is 8.59. The normalized spacial score (nSPS) is 10.0. The molecule has 11 heavy (non-hydrogen) atoms. The van der Waals surface area contributed by atoms with Gasteiger partial charge in [0.1, 0.15) is 9.90 Å². The van der Waals surface area contributed by atoms with Crippen molar-refractivity contribution in [1.82, 2.24) is 0 Å². The Labute approximate surface area is 71.9 Å². The molecule has 0 unspecified atom stereocenters. The first-order valence-corrected chi connectivity index (χ1v) is 3.94. The van der Waals surface area contributed by atoms with E-state index in [0.717, 1.165) is 11.3 Å². The van der Waals surface area contributed by atoms with E-state index in [1.165, 1.54) is 0 Å². The average Bonchev–Trinajstić information content (AvgIpc) is 2.07. The maximum absolute atomic E-state index is 10.4. The van der Waals surface area contributed by atoms with Crippen LogP contribution in [0.25, 0.3) is 0 Å². The van der Waals surface area contributed by atoms with E-state index in [4.69, 9.17) is 21.8 Å². The fourth-order valence-electron chi connectivity index (χ4n) is 0.751. The third-order valence-corrected chi connectivity index (χ3v) is 2.52. The van der Waals surface area contributed by atoms with Gasteiger partial charge in [0.15, 0.2) is 5.75 Å². The van der Waals surface area contributed by atoms with E-state index >= 15 is 0 Å². The molecule has 1 rings (SSSR count). The Morgan fingerprint density at radius 3 is 2.36 bits per heavy atom. The van der Waals surface area contributed by atoms with Gasteiger partial charge in [0, 0.05) is 4.88 Å². The second-order valence-electron chi connectivity index (χ2n) is 1.96. The Balaban J connectivity index is 3.34. The summed E-state index contributed by atoms with van der Waals surface area (Å²) in [5.74, 6) is -1.48. The van der Waals surface area contributed by atoms with Gasteiger partial charge >= 0.3 is 5.97 Å². The molecule has 0 saturated heterocycles. The number of thiophene rings is 1. The number of aromatic carboxylic acids is 1. The van der Waals surface area contributed by atoms with Crippen LogP contribution in [0.1, 0.15) is 15.2 Å². The molecule has 0 aromatic carbocycles. The summed E-state index contributed by atoms with van der Waals surface area (Å²) in [6.45, 7) is 1.60. The second-order valence-corrected chi connectivity index (χ2v) is 3.79. The van der Waals surface area contributed by atoms with Crippen molar-refractivity contribution in [2.75, 3.05) is 0 Å². The topological polar surface area (TPSA) is 57.5 Å². The first kappa shape index (κ1) is 8.36. The second kappa shape index (κ2) is 2.71. The van der Waals surface area contributed by atoms with Gasteiger partial charge in [-0.25, -0.2) is 4.79 Å². The zero-order valence-electron chi connectivity index (χ0n) is 5.59. The van der Waals surface area contributed by atoms with E-state index in [9.17, 15) is 4.79 Å². The Bertz CT molecular complexity index is 305. The summed E-state index contributed by atoms with van der Waals surface area (Å²) in [4.78, 5) is 11.0. The average molecular weight is 193 g/mol. The van der Waals surface area contributed by atoms with Crippen LogP contribution in [-0.2, 0) is 0 Å². The lowest BCUT2D eigenvalue weighted by Gasteiger charge is -1.91. The van der Waals surface area contributed by atoms with Gasteiger partial charge < -0.3 is 10.2 Å². The highest BCUT2D eigenvalue weighted by atomic mass is 35.5. The van der Waals surface area contributed by atoms with Crippen LogP contribution in [0.3, 0.4) is 0 Å². The van der Waals surface area contributed by atoms with E-state index in [1.54, 1.807) is 6.92 Å². The predicted octanol–water partition coefficient (Wildman–Crippen LogP) is 2.11. The van der Waals surface area contributed by atoms with E-state index in [2.05, 4.69) is 0 Å². The molecular weight excluding hydrogens is 188 g/mol. The quantitative estimate of drug-likeness (QED) is 0.717. The number of carboxylic acid groups (broad SMARTS) is 1. The summed E-state index contributed by atoms with van der Waals surface area (Å²) >= 11 is 6.54. The van der Waals surface area contributed by atoms with Crippen LogP contribution >= 0.6 is 22.9 Å². The third-order valence-electron chi connectivity index (χ3n) is 1.23. The van der Waals surface area contributed by atoms with Crippen molar-refractivity contribution in [3.05, 3.63) is 14.8 Å². The molecule has 1 heterocycles. The van der Waals surface area contributed by atoms with Crippen LogP contribution in [0.2, 0.25) is 4.34 Å². The SMILES string of the molecule is Cc1sc(Cl)c(O)c1C(=O)O. The number of aromatic hydroxyl groups is 1. The van der Waals surface area contributed by atoms with Crippen molar-refractivity contribution in [2.24, 2.45) is 0 Å². The van der Waals surface area contributed by atoms with Crippen molar-refractivity contribution >= 4 is 28.9 Å². The smallest absolute Gasteiger partial charge is 0.340 e. The molecule has 3 nitrogen and oxygen atoms in total. The molecule has 0 spiro atoms. The van der Waals surface area contributed by atoms with Gasteiger partial charge in [-0.2, -0.15) is 0 Å². The molecule has 0 radical (unpaired) electrons. The molecule has 0 amide bonds. The number of carboxylic acids is 1. The fraction of sp³-hybridized carbons (Fsp3) is 0.167. The Morgan fingerprint density at radius 1 is 1.64 bits per heavy atom. The van der Waals surface area contributed by atoms with Crippen LogP contribution in [0.5, 0.6) is 5.75 Å². The minimum absolute atomic E-state index is 0.0972. The summed E-state index contributed by atoms with van der Waals surface area (Å²) in [5, 5.41) is 17.6. The van der Waals surface area contributed by atoms with E-state index in [-0.39, 0.29) is 15.6 Å². The Kier molecular flexibility index (Phi) is 2.06. The maximum Gasteiger partial charge on any atom is 0.340 e. The molecule has 0 fully saturated rings. The van der Waals surface area contributed by atoms with Crippen molar-refractivity contribution in [3.8, 4) is 5.75 Å². The Morgan fingerprint density at radius 2 is 2.18 bits per heavy atom. The molecule has 1 aromatic rings. The molecule has 2 N–H and O–H groups in total.